The van der Waals surface area contributed by atoms with Crippen LogP contribution < -0.4 is 5.73 Å². The number of amides is 2. The molecule has 1 saturated heterocycles. The average Bonchev–Trinajstić information content (AvgIpc) is 2.62. The highest BCUT2D eigenvalue weighted by Crippen LogP contribution is 1.98. The first-order chi connectivity index (χ1) is 6.18. The summed E-state index contributed by atoms with van der Waals surface area (Å²) in [5.41, 5.74) is 4.17. The van der Waals surface area contributed by atoms with Crippen LogP contribution in [0.5, 0.6) is 0 Å². The van der Waals surface area contributed by atoms with Crippen molar-refractivity contribution in [3.8, 4) is 0 Å². The van der Waals surface area contributed by atoms with Gasteiger partial charge in [-0.2, -0.15) is 0 Å². The van der Waals surface area contributed by atoms with E-state index in [0.29, 0.717) is 0 Å². The van der Waals surface area contributed by atoms with Crippen molar-refractivity contribution in [2.45, 2.75) is 12.8 Å². The van der Waals surface area contributed by atoms with Gasteiger partial charge in [0.15, 0.2) is 0 Å². The smallest absolute Gasteiger partial charge is 0.209 e. The third-order valence-corrected chi connectivity index (χ3v) is 1.04. The Kier molecular flexibility index (Phi) is 15.0. The van der Waals surface area contributed by atoms with Gasteiger partial charge < -0.3 is 15.4 Å². The maximum atomic E-state index is 9.43. The van der Waals surface area contributed by atoms with Gasteiger partial charge in [-0.25, -0.2) is 0 Å². The van der Waals surface area contributed by atoms with E-state index in [9.17, 15) is 4.79 Å². The molecule has 1 fully saturated rings. The number of hydrogen-bond donors (Lipinski definition) is 1. The van der Waals surface area contributed by atoms with Crippen LogP contribution in [-0.2, 0) is 14.3 Å². The molecule has 0 aromatic heterocycles. The van der Waals surface area contributed by atoms with Crippen molar-refractivity contribution >= 4 is 12.8 Å². The maximum Gasteiger partial charge on any atom is 0.209 e. The molecule has 2 N–H and O–H groups in total. The molecule has 0 atom stereocenters. The number of nitrogens with two attached hydrogens (primary N) is 1. The largest absolute Gasteiger partial charge is 0.381 e. The van der Waals surface area contributed by atoms with Crippen molar-refractivity contribution in [2.24, 2.45) is 5.73 Å². The van der Waals surface area contributed by atoms with Gasteiger partial charge in [0.1, 0.15) is 0 Å². The second-order valence-electron chi connectivity index (χ2n) is 2.52. The SMILES string of the molecule is C1CCOC1.CN(C)C=O.NC=O. The zero-order valence-corrected chi connectivity index (χ0v) is 8.23. The molecule has 2 amide bonds. The lowest BCUT2D eigenvalue weighted by atomic mass is 10.4. The van der Waals surface area contributed by atoms with Gasteiger partial charge in [-0.1, -0.05) is 0 Å². The predicted molar refractivity (Wildman–Crippen MR) is 50.1 cm³/mol. The molecule has 5 heteroatoms. The van der Waals surface area contributed by atoms with E-state index in [1.165, 1.54) is 17.7 Å². The summed E-state index contributed by atoms with van der Waals surface area (Å²) in [6.07, 6.45) is 3.56. The molecule has 1 aliphatic heterocycles. The number of nitrogens with zero attached hydrogens (tertiary/aromatic N) is 1. The highest BCUT2D eigenvalue weighted by molar-refractivity contribution is 5.45. The molecule has 0 bridgehead atoms. The van der Waals surface area contributed by atoms with E-state index in [1.54, 1.807) is 14.1 Å². The Bertz CT molecular complexity index is 106. The van der Waals surface area contributed by atoms with E-state index < -0.39 is 0 Å². The van der Waals surface area contributed by atoms with Gasteiger partial charge in [0, 0.05) is 27.3 Å². The van der Waals surface area contributed by atoms with Gasteiger partial charge in [0.05, 0.1) is 0 Å². The normalized spacial score (nSPS) is 12.8. The van der Waals surface area contributed by atoms with E-state index in [1.807, 2.05) is 0 Å². The molecule has 0 aromatic rings. The zero-order valence-electron chi connectivity index (χ0n) is 8.23. The summed E-state index contributed by atoms with van der Waals surface area (Å²) in [5, 5.41) is 0. The molecule has 0 radical (unpaired) electrons. The van der Waals surface area contributed by atoms with E-state index in [4.69, 9.17) is 9.53 Å². The first-order valence-electron chi connectivity index (χ1n) is 4.03. The molecular weight excluding hydrogens is 172 g/mol. The standard InChI is InChI=1S/C4H8O.C3H7NO.CH3NO/c1-2-4-5-3-1;1-4(2)3-5;2-1-3/h1-4H2;3H,1-2H3;1H,(H2,2,3). The number of ether oxygens (including phenoxy) is 1. The molecule has 0 unspecified atom stereocenters. The summed E-state index contributed by atoms with van der Waals surface area (Å²) >= 11 is 0. The van der Waals surface area contributed by atoms with Gasteiger partial charge in [-0.15, -0.1) is 0 Å². The van der Waals surface area contributed by atoms with Gasteiger partial charge in [0.2, 0.25) is 12.8 Å². The van der Waals surface area contributed by atoms with Gasteiger partial charge >= 0.3 is 0 Å². The summed E-state index contributed by atoms with van der Waals surface area (Å²) in [6.45, 7) is 2.00. The van der Waals surface area contributed by atoms with Crippen LogP contribution in [0.4, 0.5) is 0 Å². The van der Waals surface area contributed by atoms with E-state index in [-0.39, 0.29) is 6.41 Å². The van der Waals surface area contributed by atoms with Crippen LogP contribution in [0.15, 0.2) is 0 Å². The van der Waals surface area contributed by atoms with E-state index >= 15 is 0 Å². The highest BCUT2D eigenvalue weighted by Gasteiger charge is 1.94. The Morgan fingerprint density at radius 3 is 1.62 bits per heavy atom. The Morgan fingerprint density at radius 2 is 1.54 bits per heavy atom. The van der Waals surface area contributed by atoms with Crippen LogP contribution in [0.3, 0.4) is 0 Å². The molecular formula is C8H18N2O3. The molecule has 0 spiro atoms. The third kappa shape index (κ3) is 24.8. The van der Waals surface area contributed by atoms with Crippen LogP contribution in [-0.4, -0.2) is 45.0 Å². The number of hydrogen-bond acceptors (Lipinski definition) is 3. The molecule has 13 heavy (non-hydrogen) atoms. The fourth-order valence-corrected chi connectivity index (χ4v) is 0.510. The van der Waals surface area contributed by atoms with Crippen molar-refractivity contribution in [3.05, 3.63) is 0 Å². The number of rotatable bonds is 1. The molecule has 0 saturated carbocycles. The van der Waals surface area contributed by atoms with Gasteiger partial charge in [0.25, 0.3) is 0 Å². The topological polar surface area (TPSA) is 72.6 Å². The maximum absolute atomic E-state index is 9.43. The fourth-order valence-electron chi connectivity index (χ4n) is 0.510. The minimum atomic E-state index is 0.250. The summed E-state index contributed by atoms with van der Waals surface area (Å²) in [5.74, 6) is 0. The summed E-state index contributed by atoms with van der Waals surface area (Å²) < 4.78 is 4.94. The van der Waals surface area contributed by atoms with Crippen molar-refractivity contribution in [2.75, 3.05) is 27.3 Å². The van der Waals surface area contributed by atoms with Crippen LogP contribution >= 0.6 is 0 Å². The number of carbonyl (C=O) groups is 2. The molecule has 0 aliphatic carbocycles. The number of carbonyl (C=O) groups excluding carboxylic acids is 2. The minimum absolute atomic E-state index is 0.250. The van der Waals surface area contributed by atoms with Crippen LogP contribution in [0.2, 0.25) is 0 Å². The number of primary amides is 1. The third-order valence-electron chi connectivity index (χ3n) is 1.04. The lowest BCUT2D eigenvalue weighted by Crippen LogP contribution is -2.06. The van der Waals surface area contributed by atoms with Crippen LogP contribution in [0.25, 0.3) is 0 Å². The molecule has 1 heterocycles. The summed E-state index contributed by atoms with van der Waals surface area (Å²) in [6, 6.07) is 0. The van der Waals surface area contributed by atoms with Gasteiger partial charge in [-0.05, 0) is 12.8 Å². The minimum Gasteiger partial charge on any atom is -0.381 e. The van der Waals surface area contributed by atoms with Crippen molar-refractivity contribution in [1.82, 2.24) is 4.90 Å². The summed E-state index contributed by atoms with van der Waals surface area (Å²) in [7, 11) is 3.38. The lowest BCUT2D eigenvalue weighted by Gasteiger charge is -1.93. The first-order valence-corrected chi connectivity index (χ1v) is 4.03. The van der Waals surface area contributed by atoms with Crippen molar-refractivity contribution in [1.29, 1.82) is 0 Å². The summed E-state index contributed by atoms with van der Waals surface area (Å²) in [4.78, 5) is 19.5. The van der Waals surface area contributed by atoms with E-state index in [2.05, 4.69) is 5.73 Å². The average molecular weight is 190 g/mol. The predicted octanol–water partition coefficient (Wildman–Crippen LogP) is -0.397. The van der Waals surface area contributed by atoms with Crippen molar-refractivity contribution in [3.63, 3.8) is 0 Å². The lowest BCUT2D eigenvalue weighted by molar-refractivity contribution is -0.116. The Balaban J connectivity index is 0. The Hall–Kier alpha value is -1.10. The monoisotopic (exact) mass is 190 g/mol. The highest BCUT2D eigenvalue weighted by atomic mass is 16.5. The Morgan fingerprint density at radius 1 is 1.23 bits per heavy atom. The zero-order chi connectivity index (χ0) is 10.5. The van der Waals surface area contributed by atoms with Crippen molar-refractivity contribution < 1.29 is 14.3 Å². The van der Waals surface area contributed by atoms with Crippen LogP contribution in [0.1, 0.15) is 12.8 Å². The van der Waals surface area contributed by atoms with Gasteiger partial charge in [-0.3, -0.25) is 9.59 Å². The molecule has 1 rings (SSSR count). The fraction of sp³-hybridized carbons (Fsp3) is 0.750. The quantitative estimate of drug-likeness (QED) is 0.572. The Labute approximate surface area is 78.8 Å². The second-order valence-corrected chi connectivity index (χ2v) is 2.52. The second kappa shape index (κ2) is 13.5. The van der Waals surface area contributed by atoms with Crippen LogP contribution in [0, 0.1) is 0 Å². The first kappa shape index (κ1) is 14.4. The van der Waals surface area contributed by atoms with E-state index in [0.717, 1.165) is 19.6 Å². The molecule has 1 aliphatic rings. The molecule has 0 aromatic carbocycles. The molecule has 78 valence electrons. The molecule has 5 nitrogen and oxygen atoms in total.